The largest absolute Gasteiger partial charge is 0.377 e. The van der Waals surface area contributed by atoms with Gasteiger partial charge in [-0.1, -0.05) is 23.7 Å². The highest BCUT2D eigenvalue weighted by atomic mass is 35.5. The van der Waals surface area contributed by atoms with Gasteiger partial charge >= 0.3 is 0 Å². The molecule has 0 saturated heterocycles. The lowest BCUT2D eigenvalue weighted by Gasteiger charge is -2.23. The van der Waals surface area contributed by atoms with E-state index in [2.05, 4.69) is 4.90 Å². The van der Waals surface area contributed by atoms with Gasteiger partial charge < -0.3 is 9.64 Å². The van der Waals surface area contributed by atoms with Gasteiger partial charge in [-0.15, -0.1) is 11.6 Å². The molecule has 0 aliphatic carbocycles. The standard InChI is InChI=1S/C13H19Cl2NO/c1-10(2)17-8-7-16(3)13-11(9-14)5-4-6-12(13)15/h4-6,10H,7-9H2,1-3H3. The predicted octanol–water partition coefficient (Wildman–Crippen LogP) is 3.94. The summed E-state index contributed by atoms with van der Waals surface area (Å²) in [6.07, 6.45) is 0.252. The maximum atomic E-state index is 6.20. The Morgan fingerprint density at radius 2 is 2.06 bits per heavy atom. The number of nitrogens with zero attached hydrogens (tertiary/aromatic N) is 1. The van der Waals surface area contributed by atoms with E-state index in [-0.39, 0.29) is 6.10 Å². The molecule has 0 bridgehead atoms. The Kier molecular flexibility index (Phi) is 6.10. The average Bonchev–Trinajstić information content (AvgIpc) is 2.27. The van der Waals surface area contributed by atoms with Crippen LogP contribution in [0, 0.1) is 0 Å². The van der Waals surface area contributed by atoms with Crippen LogP contribution in [0.5, 0.6) is 0 Å². The third-order valence-electron chi connectivity index (χ3n) is 2.47. The monoisotopic (exact) mass is 275 g/mol. The molecule has 0 radical (unpaired) electrons. The van der Waals surface area contributed by atoms with E-state index in [0.29, 0.717) is 12.5 Å². The summed E-state index contributed by atoms with van der Waals surface area (Å²) in [7, 11) is 2.00. The van der Waals surface area contributed by atoms with Crippen LogP contribution in [0.25, 0.3) is 0 Å². The van der Waals surface area contributed by atoms with Crippen molar-refractivity contribution in [2.45, 2.75) is 25.8 Å². The molecular formula is C13H19Cl2NO. The lowest BCUT2D eigenvalue weighted by atomic mass is 10.2. The van der Waals surface area contributed by atoms with Crippen molar-refractivity contribution in [1.29, 1.82) is 0 Å². The molecule has 1 aromatic carbocycles. The number of hydrogen-bond donors (Lipinski definition) is 0. The normalized spacial score (nSPS) is 10.9. The topological polar surface area (TPSA) is 12.5 Å². The number of anilines is 1. The molecule has 0 unspecified atom stereocenters. The molecular weight excluding hydrogens is 257 g/mol. The minimum Gasteiger partial charge on any atom is -0.377 e. The van der Waals surface area contributed by atoms with Crippen molar-refractivity contribution >= 4 is 28.9 Å². The summed E-state index contributed by atoms with van der Waals surface area (Å²) in [5.41, 5.74) is 2.04. The van der Waals surface area contributed by atoms with Crippen LogP contribution in [-0.2, 0) is 10.6 Å². The second-order valence-corrected chi connectivity index (χ2v) is 4.90. The maximum absolute atomic E-state index is 6.20. The van der Waals surface area contributed by atoms with Gasteiger partial charge in [-0.3, -0.25) is 0 Å². The van der Waals surface area contributed by atoms with Crippen LogP contribution in [-0.4, -0.2) is 26.3 Å². The van der Waals surface area contributed by atoms with Crippen LogP contribution in [0.1, 0.15) is 19.4 Å². The predicted molar refractivity (Wildman–Crippen MR) is 75.4 cm³/mol. The Hall–Kier alpha value is -0.440. The summed E-state index contributed by atoms with van der Waals surface area (Å²) in [6.45, 7) is 5.53. The quantitative estimate of drug-likeness (QED) is 0.730. The van der Waals surface area contributed by atoms with E-state index in [1.165, 1.54) is 0 Å². The van der Waals surface area contributed by atoms with Crippen LogP contribution >= 0.6 is 23.2 Å². The summed E-state index contributed by atoms with van der Waals surface area (Å²) < 4.78 is 5.53. The lowest BCUT2D eigenvalue weighted by molar-refractivity contribution is 0.0846. The fourth-order valence-corrected chi connectivity index (χ4v) is 2.19. The zero-order valence-electron chi connectivity index (χ0n) is 10.5. The Balaban J connectivity index is 2.70. The molecule has 0 amide bonds. The molecule has 0 saturated carbocycles. The Morgan fingerprint density at radius 1 is 1.35 bits per heavy atom. The van der Waals surface area contributed by atoms with Crippen molar-refractivity contribution in [2.24, 2.45) is 0 Å². The molecule has 0 aromatic heterocycles. The molecule has 0 aliphatic rings. The van der Waals surface area contributed by atoms with Crippen LogP contribution < -0.4 is 4.90 Å². The summed E-state index contributed by atoms with van der Waals surface area (Å²) in [6, 6.07) is 5.79. The van der Waals surface area contributed by atoms with Crippen molar-refractivity contribution in [3.63, 3.8) is 0 Å². The van der Waals surface area contributed by atoms with E-state index in [4.69, 9.17) is 27.9 Å². The second-order valence-electron chi connectivity index (χ2n) is 4.22. The van der Waals surface area contributed by atoms with Gasteiger partial charge in [-0.25, -0.2) is 0 Å². The average molecular weight is 276 g/mol. The van der Waals surface area contributed by atoms with Crippen LogP contribution in [0.15, 0.2) is 18.2 Å². The lowest BCUT2D eigenvalue weighted by Crippen LogP contribution is -2.25. The van der Waals surface area contributed by atoms with Gasteiger partial charge in [0.25, 0.3) is 0 Å². The van der Waals surface area contributed by atoms with Gasteiger partial charge in [0, 0.05) is 19.5 Å². The molecule has 0 fully saturated rings. The highest BCUT2D eigenvalue weighted by Crippen LogP contribution is 2.30. The number of ether oxygens (including phenoxy) is 1. The van der Waals surface area contributed by atoms with E-state index < -0.39 is 0 Å². The fourth-order valence-electron chi connectivity index (χ4n) is 1.63. The van der Waals surface area contributed by atoms with Gasteiger partial charge in [-0.2, -0.15) is 0 Å². The van der Waals surface area contributed by atoms with E-state index in [1.54, 1.807) is 0 Å². The summed E-state index contributed by atoms with van der Waals surface area (Å²) >= 11 is 12.1. The van der Waals surface area contributed by atoms with E-state index in [1.807, 2.05) is 39.1 Å². The van der Waals surface area contributed by atoms with Crippen molar-refractivity contribution in [3.05, 3.63) is 28.8 Å². The van der Waals surface area contributed by atoms with Crippen LogP contribution in [0.2, 0.25) is 5.02 Å². The number of para-hydroxylation sites is 1. The molecule has 0 aliphatic heterocycles. The number of halogens is 2. The number of alkyl halides is 1. The number of benzene rings is 1. The first-order valence-corrected chi connectivity index (χ1v) is 6.63. The van der Waals surface area contributed by atoms with Gasteiger partial charge in [-0.05, 0) is 25.5 Å². The Labute approximate surface area is 113 Å². The number of likely N-dealkylation sites (N-methyl/N-ethyl adjacent to an activating group) is 1. The summed E-state index contributed by atoms with van der Waals surface area (Å²) in [5, 5.41) is 0.732. The highest BCUT2D eigenvalue weighted by molar-refractivity contribution is 6.33. The molecule has 4 heteroatoms. The first-order chi connectivity index (χ1) is 8.06. The van der Waals surface area contributed by atoms with E-state index in [9.17, 15) is 0 Å². The van der Waals surface area contributed by atoms with Crippen molar-refractivity contribution in [1.82, 2.24) is 0 Å². The van der Waals surface area contributed by atoms with Gasteiger partial charge in [0.15, 0.2) is 0 Å². The molecule has 1 aromatic rings. The van der Waals surface area contributed by atoms with Crippen LogP contribution in [0.3, 0.4) is 0 Å². The van der Waals surface area contributed by atoms with Crippen LogP contribution in [0.4, 0.5) is 5.69 Å². The minimum atomic E-state index is 0.252. The van der Waals surface area contributed by atoms with Crippen molar-refractivity contribution in [2.75, 3.05) is 25.1 Å². The molecule has 0 N–H and O–H groups in total. The highest BCUT2D eigenvalue weighted by Gasteiger charge is 2.11. The summed E-state index contributed by atoms with van der Waals surface area (Å²) in [4.78, 5) is 2.09. The SMILES string of the molecule is CC(C)OCCN(C)c1c(Cl)cccc1CCl. The Bertz CT molecular complexity index is 355. The first-order valence-electron chi connectivity index (χ1n) is 5.72. The molecule has 0 spiro atoms. The van der Waals surface area contributed by atoms with Gasteiger partial charge in [0.05, 0.1) is 23.4 Å². The van der Waals surface area contributed by atoms with Crippen molar-refractivity contribution in [3.8, 4) is 0 Å². The van der Waals surface area contributed by atoms with E-state index >= 15 is 0 Å². The molecule has 96 valence electrons. The molecule has 0 heterocycles. The third kappa shape index (κ3) is 4.38. The second kappa shape index (κ2) is 7.10. The first kappa shape index (κ1) is 14.6. The molecule has 0 atom stereocenters. The Morgan fingerprint density at radius 3 is 2.65 bits per heavy atom. The minimum absolute atomic E-state index is 0.252. The molecule has 2 nitrogen and oxygen atoms in total. The maximum Gasteiger partial charge on any atom is 0.0644 e. The number of hydrogen-bond acceptors (Lipinski definition) is 2. The molecule has 1 rings (SSSR count). The fraction of sp³-hybridized carbons (Fsp3) is 0.538. The smallest absolute Gasteiger partial charge is 0.0644 e. The van der Waals surface area contributed by atoms with E-state index in [0.717, 1.165) is 22.8 Å². The van der Waals surface area contributed by atoms with Gasteiger partial charge in [0.2, 0.25) is 0 Å². The molecule has 17 heavy (non-hydrogen) atoms. The third-order valence-corrected chi connectivity index (χ3v) is 3.07. The number of rotatable bonds is 6. The zero-order chi connectivity index (χ0) is 12.8. The summed E-state index contributed by atoms with van der Waals surface area (Å²) in [5.74, 6) is 0.464. The zero-order valence-corrected chi connectivity index (χ0v) is 12.1. The van der Waals surface area contributed by atoms with Crippen molar-refractivity contribution < 1.29 is 4.74 Å². The van der Waals surface area contributed by atoms with Gasteiger partial charge in [0.1, 0.15) is 0 Å².